The Morgan fingerprint density at radius 1 is 1.39 bits per heavy atom. The molecule has 0 bridgehead atoms. The van der Waals surface area contributed by atoms with Crippen LogP contribution in [0, 0.1) is 11.3 Å². The fourth-order valence-electron chi connectivity index (χ4n) is 1.62. The molecule has 0 spiro atoms. The second-order valence-corrected chi connectivity index (χ2v) is 3.82. The summed E-state index contributed by atoms with van der Waals surface area (Å²) in [7, 11) is 0. The molecule has 0 saturated carbocycles. The van der Waals surface area contributed by atoms with Crippen LogP contribution in [0.2, 0.25) is 0 Å². The minimum Gasteiger partial charge on any atom is -0.312 e. The van der Waals surface area contributed by atoms with E-state index in [1.165, 1.54) is 0 Å². The molecule has 0 aromatic carbocycles. The third-order valence-electron chi connectivity index (χ3n) is 2.53. The highest BCUT2D eigenvalue weighted by molar-refractivity contribution is 5.30. The predicted molar refractivity (Wildman–Crippen MR) is 65.3 cm³/mol. The molecule has 0 unspecified atom stereocenters. The van der Waals surface area contributed by atoms with Gasteiger partial charge in [-0.05, 0) is 19.0 Å². The third-order valence-corrected chi connectivity index (χ3v) is 2.53. The molecular formula is C12H14N6. The van der Waals surface area contributed by atoms with Crippen LogP contribution in [-0.4, -0.2) is 26.5 Å². The normalized spacial score (nSPS) is 10.2. The first-order chi connectivity index (χ1) is 8.90. The molecular weight excluding hydrogens is 228 g/mol. The fraction of sp³-hybridized carbons (Fsp3) is 0.333. The highest BCUT2D eigenvalue weighted by atomic mass is 15.4. The Labute approximate surface area is 105 Å². The first kappa shape index (κ1) is 12.2. The van der Waals surface area contributed by atoms with Gasteiger partial charge in [0.2, 0.25) is 0 Å². The summed E-state index contributed by atoms with van der Waals surface area (Å²) in [6.45, 7) is 2.36. The second-order valence-electron chi connectivity index (χ2n) is 3.82. The van der Waals surface area contributed by atoms with Gasteiger partial charge in [0.25, 0.3) is 0 Å². The largest absolute Gasteiger partial charge is 0.312 e. The molecule has 0 saturated heterocycles. The smallest absolute Gasteiger partial charge is 0.144 e. The average Bonchev–Trinajstić information content (AvgIpc) is 2.92. The van der Waals surface area contributed by atoms with Gasteiger partial charge in [0, 0.05) is 31.0 Å². The molecule has 18 heavy (non-hydrogen) atoms. The number of hydrogen-bond donors (Lipinski definition) is 1. The van der Waals surface area contributed by atoms with Crippen molar-refractivity contribution in [1.82, 2.24) is 25.3 Å². The Kier molecular flexibility index (Phi) is 4.39. The van der Waals surface area contributed by atoms with Gasteiger partial charge >= 0.3 is 0 Å². The zero-order valence-electron chi connectivity index (χ0n) is 9.95. The summed E-state index contributed by atoms with van der Waals surface area (Å²) < 4.78 is 1.80. The topological polar surface area (TPSA) is 79.4 Å². The van der Waals surface area contributed by atoms with Crippen molar-refractivity contribution in [1.29, 1.82) is 5.26 Å². The summed E-state index contributed by atoms with van der Waals surface area (Å²) in [6, 6.07) is 5.84. The van der Waals surface area contributed by atoms with Crippen LogP contribution in [0.4, 0.5) is 0 Å². The summed E-state index contributed by atoms with van der Waals surface area (Å²) in [5.41, 5.74) is 1.42. The van der Waals surface area contributed by atoms with Crippen LogP contribution in [0.25, 0.3) is 0 Å². The Morgan fingerprint density at radius 3 is 3.11 bits per heavy atom. The number of aromatic nitrogens is 4. The molecule has 0 fully saturated rings. The van der Waals surface area contributed by atoms with Crippen molar-refractivity contribution in [3.8, 4) is 6.07 Å². The average molecular weight is 242 g/mol. The molecule has 2 aromatic rings. The SMILES string of the molecule is N#Cc1ncccc1CNCCCn1ccnn1. The van der Waals surface area contributed by atoms with Gasteiger partial charge in [0.15, 0.2) is 0 Å². The van der Waals surface area contributed by atoms with Gasteiger partial charge in [0.05, 0.1) is 6.20 Å². The van der Waals surface area contributed by atoms with Gasteiger partial charge in [-0.15, -0.1) is 5.10 Å². The van der Waals surface area contributed by atoms with E-state index < -0.39 is 0 Å². The molecule has 0 aliphatic rings. The van der Waals surface area contributed by atoms with Crippen molar-refractivity contribution in [3.63, 3.8) is 0 Å². The lowest BCUT2D eigenvalue weighted by molar-refractivity contribution is 0.530. The van der Waals surface area contributed by atoms with E-state index in [2.05, 4.69) is 26.7 Å². The molecule has 1 N–H and O–H groups in total. The minimum absolute atomic E-state index is 0.487. The van der Waals surface area contributed by atoms with Gasteiger partial charge in [0.1, 0.15) is 11.8 Å². The van der Waals surface area contributed by atoms with Crippen LogP contribution in [0.1, 0.15) is 17.7 Å². The van der Waals surface area contributed by atoms with Crippen molar-refractivity contribution in [2.45, 2.75) is 19.5 Å². The van der Waals surface area contributed by atoms with Gasteiger partial charge < -0.3 is 5.32 Å². The monoisotopic (exact) mass is 242 g/mol. The van der Waals surface area contributed by atoms with Crippen molar-refractivity contribution >= 4 is 0 Å². The van der Waals surface area contributed by atoms with E-state index in [0.29, 0.717) is 12.2 Å². The zero-order valence-corrected chi connectivity index (χ0v) is 9.95. The molecule has 0 atom stereocenters. The zero-order chi connectivity index (χ0) is 12.6. The van der Waals surface area contributed by atoms with Crippen LogP contribution >= 0.6 is 0 Å². The van der Waals surface area contributed by atoms with Gasteiger partial charge in [-0.1, -0.05) is 11.3 Å². The molecule has 2 heterocycles. The molecule has 0 aliphatic heterocycles. The maximum absolute atomic E-state index is 8.89. The van der Waals surface area contributed by atoms with Crippen molar-refractivity contribution in [3.05, 3.63) is 42.0 Å². The Hall–Kier alpha value is -2.26. The van der Waals surface area contributed by atoms with Crippen molar-refractivity contribution in [2.75, 3.05) is 6.54 Å². The summed E-state index contributed by atoms with van der Waals surface area (Å²) >= 11 is 0. The highest BCUT2D eigenvalue weighted by Gasteiger charge is 2.01. The highest BCUT2D eigenvalue weighted by Crippen LogP contribution is 2.02. The summed E-state index contributed by atoms with van der Waals surface area (Å²) in [6.07, 6.45) is 6.11. The van der Waals surface area contributed by atoms with E-state index in [1.807, 2.05) is 18.3 Å². The number of nitriles is 1. The van der Waals surface area contributed by atoms with Crippen LogP contribution in [-0.2, 0) is 13.1 Å². The van der Waals surface area contributed by atoms with Crippen LogP contribution in [0.15, 0.2) is 30.7 Å². The number of pyridine rings is 1. The number of aryl methyl sites for hydroxylation is 1. The second kappa shape index (κ2) is 6.47. The molecule has 0 amide bonds. The number of nitrogens with zero attached hydrogens (tertiary/aromatic N) is 5. The molecule has 0 radical (unpaired) electrons. The molecule has 92 valence electrons. The van der Waals surface area contributed by atoms with Gasteiger partial charge in [-0.25, -0.2) is 4.98 Å². The van der Waals surface area contributed by atoms with E-state index in [0.717, 1.165) is 25.1 Å². The molecule has 6 nitrogen and oxygen atoms in total. The Bertz CT molecular complexity index is 514. The summed E-state index contributed by atoms with van der Waals surface area (Å²) in [5, 5.41) is 19.8. The summed E-state index contributed by atoms with van der Waals surface area (Å²) in [5.74, 6) is 0. The summed E-state index contributed by atoms with van der Waals surface area (Å²) in [4.78, 5) is 4.01. The third kappa shape index (κ3) is 3.37. The van der Waals surface area contributed by atoms with Gasteiger partial charge in [-0.2, -0.15) is 5.26 Å². The van der Waals surface area contributed by atoms with E-state index in [9.17, 15) is 0 Å². The van der Waals surface area contributed by atoms with E-state index >= 15 is 0 Å². The Balaban J connectivity index is 1.71. The maximum atomic E-state index is 8.89. The number of nitrogens with one attached hydrogen (secondary N) is 1. The standard InChI is InChI=1S/C12H14N6/c13-9-12-11(3-1-5-15-12)10-14-4-2-7-18-8-6-16-17-18/h1,3,5-6,8,14H,2,4,7,10H2. The maximum Gasteiger partial charge on any atom is 0.144 e. The fourth-order valence-corrected chi connectivity index (χ4v) is 1.62. The molecule has 2 aromatic heterocycles. The quantitative estimate of drug-likeness (QED) is 0.755. The number of rotatable bonds is 6. The van der Waals surface area contributed by atoms with E-state index in [4.69, 9.17) is 5.26 Å². The lowest BCUT2D eigenvalue weighted by Crippen LogP contribution is -2.17. The van der Waals surface area contributed by atoms with Crippen molar-refractivity contribution < 1.29 is 0 Å². The first-order valence-electron chi connectivity index (χ1n) is 5.79. The van der Waals surface area contributed by atoms with Crippen LogP contribution in [0.3, 0.4) is 0 Å². The lowest BCUT2D eigenvalue weighted by Gasteiger charge is -2.05. The van der Waals surface area contributed by atoms with Crippen LogP contribution < -0.4 is 5.32 Å². The molecule has 0 aliphatic carbocycles. The lowest BCUT2D eigenvalue weighted by atomic mass is 10.2. The first-order valence-corrected chi connectivity index (χ1v) is 5.79. The minimum atomic E-state index is 0.487. The van der Waals surface area contributed by atoms with E-state index in [1.54, 1.807) is 17.1 Å². The molecule has 6 heteroatoms. The molecule has 2 rings (SSSR count). The van der Waals surface area contributed by atoms with Crippen molar-refractivity contribution in [2.24, 2.45) is 0 Å². The Morgan fingerprint density at radius 2 is 2.33 bits per heavy atom. The van der Waals surface area contributed by atoms with Crippen LogP contribution in [0.5, 0.6) is 0 Å². The van der Waals surface area contributed by atoms with E-state index in [-0.39, 0.29) is 0 Å². The number of hydrogen-bond acceptors (Lipinski definition) is 5. The van der Waals surface area contributed by atoms with Gasteiger partial charge in [-0.3, -0.25) is 4.68 Å². The predicted octanol–water partition coefficient (Wildman–Crippen LogP) is 0.725.